The van der Waals surface area contributed by atoms with Crippen LogP contribution in [0.5, 0.6) is 0 Å². The molecule has 0 radical (unpaired) electrons. The maximum absolute atomic E-state index is 13.1. The molecule has 0 spiro atoms. The fraction of sp³-hybridized carbons (Fsp3) is 0.583. The highest BCUT2D eigenvalue weighted by molar-refractivity contribution is 7.89. The molecule has 10 heteroatoms. The van der Waals surface area contributed by atoms with Gasteiger partial charge in [0.05, 0.1) is 0 Å². The highest BCUT2D eigenvalue weighted by atomic mass is 32.2. The van der Waals surface area contributed by atoms with Crippen molar-refractivity contribution in [2.75, 3.05) is 13.1 Å². The molecule has 1 aromatic heterocycles. The summed E-state index contributed by atoms with van der Waals surface area (Å²) in [4.78, 5) is 11.1. The zero-order chi connectivity index (χ0) is 16.8. The molecule has 1 atom stereocenters. The molecule has 1 aromatic rings. The lowest BCUT2D eigenvalue weighted by Crippen LogP contribution is -2.47. The van der Waals surface area contributed by atoms with Crippen LogP contribution in [-0.2, 0) is 21.2 Å². The summed E-state index contributed by atoms with van der Waals surface area (Å²) in [6.45, 7) is 0.0385. The Morgan fingerprint density at radius 2 is 2.09 bits per heavy atom. The molecule has 0 saturated carbocycles. The molecule has 2 rings (SSSR count). The SMILES string of the molecule is CCc1ccc(S(=O)(=O)N2CCC(C(=O)O)(C(F)(F)F)C2)o1. The number of rotatable bonds is 4. The van der Waals surface area contributed by atoms with Gasteiger partial charge in [-0.1, -0.05) is 6.92 Å². The molecule has 2 heterocycles. The summed E-state index contributed by atoms with van der Waals surface area (Å²) in [5, 5.41) is 8.45. The highest BCUT2D eigenvalue weighted by Gasteiger charge is 2.65. The van der Waals surface area contributed by atoms with E-state index in [1.54, 1.807) is 6.92 Å². The summed E-state index contributed by atoms with van der Waals surface area (Å²) in [7, 11) is -4.29. The van der Waals surface area contributed by atoms with Gasteiger partial charge in [0.25, 0.3) is 10.0 Å². The molecule has 1 saturated heterocycles. The first-order chi connectivity index (χ1) is 10.0. The Balaban J connectivity index is 2.34. The van der Waals surface area contributed by atoms with E-state index in [-0.39, 0.29) is 0 Å². The van der Waals surface area contributed by atoms with Gasteiger partial charge in [-0.25, -0.2) is 8.42 Å². The molecule has 1 aliphatic rings. The predicted molar refractivity (Wildman–Crippen MR) is 67.6 cm³/mol. The van der Waals surface area contributed by atoms with Crippen molar-refractivity contribution in [1.29, 1.82) is 0 Å². The molecule has 0 aliphatic carbocycles. The van der Waals surface area contributed by atoms with Gasteiger partial charge in [0.15, 0.2) is 5.41 Å². The second-order valence-electron chi connectivity index (χ2n) is 5.05. The normalized spacial score (nSPS) is 23.8. The van der Waals surface area contributed by atoms with E-state index in [9.17, 15) is 26.4 Å². The Morgan fingerprint density at radius 3 is 2.50 bits per heavy atom. The predicted octanol–water partition coefficient (Wildman–Crippen LogP) is 1.87. The number of carboxylic acid groups (broad SMARTS) is 1. The number of furan rings is 1. The van der Waals surface area contributed by atoms with Gasteiger partial charge in [-0.2, -0.15) is 17.5 Å². The number of nitrogens with zero attached hydrogens (tertiary/aromatic N) is 1. The van der Waals surface area contributed by atoms with Crippen molar-refractivity contribution >= 4 is 16.0 Å². The molecular weight excluding hydrogens is 327 g/mol. The first kappa shape index (κ1) is 16.8. The van der Waals surface area contributed by atoms with Crippen molar-refractivity contribution in [2.45, 2.75) is 31.0 Å². The van der Waals surface area contributed by atoms with Crippen LogP contribution >= 0.6 is 0 Å². The quantitative estimate of drug-likeness (QED) is 0.903. The van der Waals surface area contributed by atoms with Crippen LogP contribution in [0.1, 0.15) is 19.1 Å². The fourth-order valence-corrected chi connectivity index (χ4v) is 3.75. The summed E-state index contributed by atoms with van der Waals surface area (Å²) in [5.74, 6) is -1.70. The van der Waals surface area contributed by atoms with E-state index in [1.807, 2.05) is 0 Å². The largest absolute Gasteiger partial charge is 0.481 e. The van der Waals surface area contributed by atoms with Gasteiger partial charge in [-0.3, -0.25) is 4.79 Å². The van der Waals surface area contributed by atoms with Crippen molar-refractivity contribution in [2.24, 2.45) is 5.41 Å². The van der Waals surface area contributed by atoms with Crippen molar-refractivity contribution in [3.8, 4) is 0 Å². The number of sulfonamides is 1. The summed E-state index contributed by atoms with van der Waals surface area (Å²) in [6.07, 6.45) is -5.44. The van der Waals surface area contributed by atoms with Crippen LogP contribution in [0, 0.1) is 5.41 Å². The van der Waals surface area contributed by atoms with E-state index in [2.05, 4.69) is 0 Å². The maximum atomic E-state index is 13.1. The molecule has 1 fully saturated rings. The van der Waals surface area contributed by atoms with Gasteiger partial charge >= 0.3 is 12.1 Å². The van der Waals surface area contributed by atoms with E-state index < -0.39 is 52.2 Å². The molecule has 0 amide bonds. The molecule has 1 aliphatic heterocycles. The summed E-state index contributed by atoms with van der Waals surface area (Å²) < 4.78 is 69.3. The molecular formula is C12H14F3NO5S. The van der Waals surface area contributed by atoms with Crippen LogP contribution < -0.4 is 0 Å². The second kappa shape index (κ2) is 5.27. The monoisotopic (exact) mass is 341 g/mol. The van der Waals surface area contributed by atoms with Crippen molar-refractivity contribution < 1.29 is 35.9 Å². The summed E-state index contributed by atoms with van der Waals surface area (Å²) in [6, 6.07) is 2.57. The number of alkyl halides is 3. The second-order valence-corrected chi connectivity index (χ2v) is 6.92. The summed E-state index contributed by atoms with van der Waals surface area (Å²) >= 11 is 0. The molecule has 6 nitrogen and oxygen atoms in total. The van der Waals surface area contributed by atoms with E-state index in [4.69, 9.17) is 9.52 Å². The van der Waals surface area contributed by atoms with Crippen molar-refractivity contribution in [3.05, 3.63) is 17.9 Å². The lowest BCUT2D eigenvalue weighted by Gasteiger charge is -2.26. The average molecular weight is 341 g/mol. The van der Waals surface area contributed by atoms with E-state index in [0.717, 1.165) is 6.07 Å². The number of halogens is 3. The number of carbonyl (C=O) groups is 1. The first-order valence-electron chi connectivity index (χ1n) is 6.43. The van der Waals surface area contributed by atoms with Gasteiger partial charge in [0.1, 0.15) is 5.76 Å². The molecule has 0 bridgehead atoms. The van der Waals surface area contributed by atoms with Gasteiger partial charge < -0.3 is 9.52 Å². The lowest BCUT2D eigenvalue weighted by molar-refractivity contribution is -0.226. The van der Waals surface area contributed by atoms with Crippen molar-refractivity contribution in [3.63, 3.8) is 0 Å². The first-order valence-corrected chi connectivity index (χ1v) is 7.87. The van der Waals surface area contributed by atoms with Crippen LogP contribution in [0.15, 0.2) is 21.6 Å². The van der Waals surface area contributed by atoms with E-state index in [1.165, 1.54) is 6.07 Å². The third kappa shape index (κ3) is 2.50. The Hall–Kier alpha value is -1.55. The van der Waals surface area contributed by atoms with E-state index >= 15 is 0 Å². The number of aliphatic carboxylic acids is 1. The Kier molecular flexibility index (Phi) is 4.03. The van der Waals surface area contributed by atoms with Crippen LogP contribution in [0.4, 0.5) is 13.2 Å². The number of carboxylic acids is 1. The average Bonchev–Trinajstić information content (AvgIpc) is 3.06. The smallest absolute Gasteiger partial charge is 0.406 e. The van der Waals surface area contributed by atoms with E-state index in [0.29, 0.717) is 16.5 Å². The van der Waals surface area contributed by atoms with Crippen LogP contribution in [0.2, 0.25) is 0 Å². The van der Waals surface area contributed by atoms with Gasteiger partial charge in [0.2, 0.25) is 5.09 Å². The zero-order valence-electron chi connectivity index (χ0n) is 11.6. The molecule has 0 aromatic carbocycles. The standard InChI is InChI=1S/C12H14F3NO5S/c1-2-8-3-4-9(21-8)22(19,20)16-6-5-11(7-16,10(17)18)12(13,14)15/h3-4H,2,5-7H2,1H3,(H,17,18). The minimum Gasteiger partial charge on any atom is -0.481 e. The third-order valence-electron chi connectivity index (χ3n) is 3.77. The number of aryl methyl sites for hydroxylation is 1. The molecule has 1 N–H and O–H groups in total. The van der Waals surface area contributed by atoms with Gasteiger partial charge in [-0.05, 0) is 18.6 Å². The van der Waals surface area contributed by atoms with Crippen LogP contribution in [0.25, 0.3) is 0 Å². The Morgan fingerprint density at radius 1 is 1.45 bits per heavy atom. The molecule has 22 heavy (non-hydrogen) atoms. The zero-order valence-corrected chi connectivity index (χ0v) is 12.4. The highest BCUT2D eigenvalue weighted by Crippen LogP contribution is 2.46. The Labute approximate surface area is 124 Å². The minimum absolute atomic E-state index is 0.373. The van der Waals surface area contributed by atoms with Crippen LogP contribution in [-0.4, -0.2) is 43.1 Å². The Bertz CT molecular complexity index is 681. The minimum atomic E-state index is -5.04. The van der Waals surface area contributed by atoms with Crippen molar-refractivity contribution in [1.82, 2.24) is 4.31 Å². The number of hydrogen-bond acceptors (Lipinski definition) is 4. The molecule has 124 valence electrons. The fourth-order valence-electron chi connectivity index (χ4n) is 2.32. The van der Waals surface area contributed by atoms with Gasteiger partial charge in [-0.15, -0.1) is 0 Å². The lowest BCUT2D eigenvalue weighted by atomic mass is 9.86. The topological polar surface area (TPSA) is 87.8 Å². The maximum Gasteiger partial charge on any atom is 0.406 e. The molecule has 1 unspecified atom stereocenters. The third-order valence-corrected chi connectivity index (χ3v) is 5.49. The summed E-state index contributed by atoms with van der Waals surface area (Å²) in [5.41, 5.74) is -3.08. The number of hydrogen-bond donors (Lipinski definition) is 1. The van der Waals surface area contributed by atoms with Crippen LogP contribution in [0.3, 0.4) is 0 Å². The van der Waals surface area contributed by atoms with Gasteiger partial charge in [0, 0.05) is 19.5 Å².